The lowest BCUT2D eigenvalue weighted by atomic mass is 10.1. The normalized spacial score (nSPS) is 14.5. The number of para-hydroxylation sites is 1. The van der Waals surface area contributed by atoms with E-state index in [1.807, 2.05) is 48.5 Å². The molecule has 110 valence electrons. The fourth-order valence-electron chi connectivity index (χ4n) is 2.36. The Kier molecular flexibility index (Phi) is 3.62. The molecule has 0 fully saturated rings. The van der Waals surface area contributed by atoms with E-state index in [0.29, 0.717) is 5.57 Å². The predicted molar refractivity (Wildman–Crippen MR) is 86.0 cm³/mol. The Bertz CT molecular complexity index is 764. The molecule has 5 nitrogen and oxygen atoms in total. The maximum atomic E-state index is 12.0. The molecule has 0 radical (unpaired) electrons. The van der Waals surface area contributed by atoms with Crippen LogP contribution < -0.4 is 16.4 Å². The second kappa shape index (κ2) is 5.73. The van der Waals surface area contributed by atoms with Crippen molar-refractivity contribution < 1.29 is 9.59 Å². The first-order valence-electron chi connectivity index (χ1n) is 6.88. The standard InChI is InChI=1S/C17H15N3O2/c18-16(21)9-11-5-7-12(8-6-11)19-10-14-13-3-1-2-4-15(13)20-17(14)22/h1-8,10,19H,9H2,(H2,18,21)(H,20,22). The minimum Gasteiger partial charge on any atom is -0.369 e. The summed E-state index contributed by atoms with van der Waals surface area (Å²) in [7, 11) is 0. The van der Waals surface area contributed by atoms with Crippen LogP contribution in [-0.4, -0.2) is 11.8 Å². The molecule has 0 unspecified atom stereocenters. The van der Waals surface area contributed by atoms with Crippen molar-refractivity contribution in [1.82, 2.24) is 0 Å². The fraction of sp³-hybridized carbons (Fsp3) is 0.0588. The number of primary amides is 1. The van der Waals surface area contributed by atoms with Gasteiger partial charge in [-0.1, -0.05) is 30.3 Å². The highest BCUT2D eigenvalue weighted by Gasteiger charge is 2.23. The van der Waals surface area contributed by atoms with Crippen molar-refractivity contribution in [3.63, 3.8) is 0 Å². The van der Waals surface area contributed by atoms with Gasteiger partial charge in [0.25, 0.3) is 5.91 Å². The lowest BCUT2D eigenvalue weighted by Crippen LogP contribution is -2.13. The Labute approximate surface area is 127 Å². The average Bonchev–Trinajstić information content (AvgIpc) is 2.81. The first-order valence-corrected chi connectivity index (χ1v) is 6.88. The van der Waals surface area contributed by atoms with Gasteiger partial charge in [0.1, 0.15) is 0 Å². The van der Waals surface area contributed by atoms with Crippen molar-refractivity contribution in [2.45, 2.75) is 6.42 Å². The van der Waals surface area contributed by atoms with Crippen molar-refractivity contribution in [3.05, 3.63) is 65.9 Å². The molecular formula is C17H15N3O2. The Hall–Kier alpha value is -3.08. The van der Waals surface area contributed by atoms with Crippen molar-refractivity contribution in [1.29, 1.82) is 0 Å². The van der Waals surface area contributed by atoms with Crippen LogP contribution in [0.15, 0.2) is 54.7 Å². The number of hydrogen-bond donors (Lipinski definition) is 3. The van der Waals surface area contributed by atoms with E-state index in [9.17, 15) is 9.59 Å². The molecule has 0 saturated heterocycles. The summed E-state index contributed by atoms with van der Waals surface area (Å²) in [6, 6.07) is 14.9. The summed E-state index contributed by atoms with van der Waals surface area (Å²) in [4.78, 5) is 22.8. The summed E-state index contributed by atoms with van der Waals surface area (Å²) in [6.45, 7) is 0. The van der Waals surface area contributed by atoms with Gasteiger partial charge >= 0.3 is 0 Å². The van der Waals surface area contributed by atoms with Gasteiger partial charge in [0.2, 0.25) is 5.91 Å². The molecule has 3 rings (SSSR count). The lowest BCUT2D eigenvalue weighted by Gasteiger charge is -2.04. The van der Waals surface area contributed by atoms with Crippen LogP contribution in [0.5, 0.6) is 0 Å². The number of amides is 2. The zero-order valence-electron chi connectivity index (χ0n) is 11.8. The molecule has 0 aliphatic carbocycles. The number of rotatable bonds is 4. The van der Waals surface area contributed by atoms with E-state index in [1.165, 1.54) is 0 Å². The molecule has 0 saturated carbocycles. The molecule has 0 aromatic heterocycles. The third-order valence-corrected chi connectivity index (χ3v) is 3.43. The molecule has 1 aliphatic rings. The zero-order valence-corrected chi connectivity index (χ0v) is 11.8. The average molecular weight is 293 g/mol. The van der Waals surface area contributed by atoms with E-state index in [2.05, 4.69) is 10.6 Å². The van der Waals surface area contributed by atoms with E-state index in [4.69, 9.17) is 5.73 Å². The Morgan fingerprint density at radius 3 is 2.59 bits per heavy atom. The first-order chi connectivity index (χ1) is 10.6. The summed E-state index contributed by atoms with van der Waals surface area (Å²) in [5.41, 5.74) is 9.13. The highest BCUT2D eigenvalue weighted by molar-refractivity contribution is 6.31. The van der Waals surface area contributed by atoms with Crippen molar-refractivity contribution in [2.75, 3.05) is 10.6 Å². The molecule has 0 bridgehead atoms. The molecule has 2 amide bonds. The molecule has 4 N–H and O–H groups in total. The van der Waals surface area contributed by atoms with Crippen molar-refractivity contribution in [3.8, 4) is 0 Å². The molecule has 2 aromatic carbocycles. The van der Waals surface area contributed by atoms with Gasteiger partial charge in [0.15, 0.2) is 0 Å². The zero-order chi connectivity index (χ0) is 15.5. The second-order valence-corrected chi connectivity index (χ2v) is 5.04. The molecule has 1 heterocycles. The summed E-state index contributed by atoms with van der Waals surface area (Å²) < 4.78 is 0. The van der Waals surface area contributed by atoms with E-state index in [-0.39, 0.29) is 18.2 Å². The molecular weight excluding hydrogens is 278 g/mol. The number of nitrogens with one attached hydrogen (secondary N) is 2. The lowest BCUT2D eigenvalue weighted by molar-refractivity contribution is -0.117. The Morgan fingerprint density at radius 1 is 1.14 bits per heavy atom. The van der Waals surface area contributed by atoms with Gasteiger partial charge in [0.05, 0.1) is 12.0 Å². The minimum absolute atomic E-state index is 0.126. The van der Waals surface area contributed by atoms with E-state index < -0.39 is 0 Å². The van der Waals surface area contributed by atoms with Crippen LogP contribution in [0.2, 0.25) is 0 Å². The number of carbonyl (C=O) groups excluding carboxylic acids is 2. The molecule has 22 heavy (non-hydrogen) atoms. The highest BCUT2D eigenvalue weighted by atomic mass is 16.2. The van der Waals surface area contributed by atoms with Gasteiger partial charge in [-0.15, -0.1) is 0 Å². The predicted octanol–water partition coefficient (Wildman–Crippen LogP) is 2.12. The van der Waals surface area contributed by atoms with Crippen LogP contribution in [0, 0.1) is 0 Å². The minimum atomic E-state index is -0.359. The van der Waals surface area contributed by atoms with E-state index >= 15 is 0 Å². The number of carbonyl (C=O) groups is 2. The van der Waals surface area contributed by atoms with Crippen LogP contribution in [-0.2, 0) is 16.0 Å². The fourth-order valence-corrected chi connectivity index (χ4v) is 2.36. The third kappa shape index (κ3) is 2.83. The Morgan fingerprint density at radius 2 is 1.86 bits per heavy atom. The topological polar surface area (TPSA) is 84.2 Å². The van der Waals surface area contributed by atoms with Crippen LogP contribution in [0.25, 0.3) is 5.57 Å². The quantitative estimate of drug-likeness (QED) is 0.755. The van der Waals surface area contributed by atoms with Gasteiger partial charge < -0.3 is 16.4 Å². The highest BCUT2D eigenvalue weighted by Crippen LogP contribution is 2.31. The molecule has 5 heteroatoms. The van der Waals surface area contributed by atoms with Crippen LogP contribution in [0.3, 0.4) is 0 Å². The summed E-state index contributed by atoms with van der Waals surface area (Å²) in [6.07, 6.45) is 1.90. The number of benzene rings is 2. The second-order valence-electron chi connectivity index (χ2n) is 5.04. The number of nitrogens with two attached hydrogens (primary N) is 1. The van der Waals surface area contributed by atoms with Crippen LogP contribution in [0.1, 0.15) is 11.1 Å². The van der Waals surface area contributed by atoms with Gasteiger partial charge in [0, 0.05) is 23.1 Å². The maximum Gasteiger partial charge on any atom is 0.257 e. The van der Waals surface area contributed by atoms with Crippen molar-refractivity contribution >= 4 is 28.8 Å². The molecule has 1 aliphatic heterocycles. The van der Waals surface area contributed by atoms with Crippen LogP contribution >= 0.6 is 0 Å². The molecule has 0 atom stereocenters. The van der Waals surface area contributed by atoms with E-state index in [1.54, 1.807) is 6.20 Å². The summed E-state index contributed by atoms with van der Waals surface area (Å²) in [5, 5.41) is 5.92. The number of hydrogen-bond acceptors (Lipinski definition) is 3. The summed E-state index contributed by atoms with van der Waals surface area (Å²) in [5.74, 6) is -0.485. The SMILES string of the molecule is NC(=O)Cc1ccc(NC=C2C(=O)Nc3ccccc32)cc1. The van der Waals surface area contributed by atoms with Crippen molar-refractivity contribution in [2.24, 2.45) is 5.73 Å². The number of fused-ring (bicyclic) bond motifs is 1. The van der Waals surface area contributed by atoms with Crippen LogP contribution in [0.4, 0.5) is 11.4 Å². The molecule has 0 spiro atoms. The third-order valence-electron chi connectivity index (χ3n) is 3.43. The monoisotopic (exact) mass is 293 g/mol. The number of anilines is 2. The smallest absolute Gasteiger partial charge is 0.257 e. The van der Waals surface area contributed by atoms with E-state index in [0.717, 1.165) is 22.5 Å². The van der Waals surface area contributed by atoms with Gasteiger partial charge in [-0.25, -0.2) is 0 Å². The maximum absolute atomic E-state index is 12.0. The van der Waals surface area contributed by atoms with Gasteiger partial charge in [-0.3, -0.25) is 9.59 Å². The summed E-state index contributed by atoms with van der Waals surface area (Å²) >= 11 is 0. The van der Waals surface area contributed by atoms with Gasteiger partial charge in [-0.2, -0.15) is 0 Å². The molecule has 2 aromatic rings. The van der Waals surface area contributed by atoms with Gasteiger partial charge in [-0.05, 0) is 23.8 Å². The largest absolute Gasteiger partial charge is 0.369 e. The Balaban J connectivity index is 1.77. The first kappa shape index (κ1) is 13.9.